The number of pyridine rings is 1. The van der Waals surface area contributed by atoms with Gasteiger partial charge in [-0.05, 0) is 41.3 Å². The molecule has 1 N–H and O–H groups in total. The lowest BCUT2D eigenvalue weighted by Gasteiger charge is -2.22. The van der Waals surface area contributed by atoms with Gasteiger partial charge in [0, 0.05) is 54.8 Å². The minimum atomic E-state index is -0.951. The third-order valence-corrected chi connectivity index (χ3v) is 7.53. The van der Waals surface area contributed by atoms with Crippen LogP contribution in [0, 0.1) is 5.82 Å². The molecule has 0 amide bonds. The monoisotopic (exact) mass is 567 g/mol. The van der Waals surface area contributed by atoms with Crippen molar-refractivity contribution in [1.82, 2.24) is 9.97 Å². The summed E-state index contributed by atoms with van der Waals surface area (Å²) in [5.74, 6) is -1.00. The standard InChI is InChI=1S/C33H30FN3O3S/c34-30-20-29(15-13-26(30)14-16-32(38)39)40-22-25-11-9-24(10-12-25)21-37(19-17-28-8-4-5-18-35-28)33-36-31(23-41-33)27-6-2-1-3-7-27/h1-13,15,18,20,23H,14,16-17,19,21-22H2,(H,38,39). The highest BCUT2D eigenvalue weighted by molar-refractivity contribution is 7.14. The summed E-state index contributed by atoms with van der Waals surface area (Å²) in [5, 5.41) is 11.9. The van der Waals surface area contributed by atoms with Crippen LogP contribution in [-0.4, -0.2) is 27.6 Å². The quantitative estimate of drug-likeness (QED) is 0.162. The molecule has 0 saturated heterocycles. The Bertz CT molecular complexity index is 1560. The number of carboxylic acids is 1. The summed E-state index contributed by atoms with van der Waals surface area (Å²) < 4.78 is 20.1. The van der Waals surface area contributed by atoms with Crippen molar-refractivity contribution in [3.8, 4) is 17.0 Å². The molecule has 0 aliphatic carbocycles. The molecule has 0 spiro atoms. The Morgan fingerprint density at radius 2 is 1.71 bits per heavy atom. The number of nitrogens with zero attached hydrogens (tertiary/aromatic N) is 3. The topological polar surface area (TPSA) is 75.6 Å². The number of carboxylic acid groups (broad SMARTS) is 1. The molecule has 0 bridgehead atoms. The van der Waals surface area contributed by atoms with Crippen molar-refractivity contribution in [2.45, 2.75) is 32.4 Å². The third-order valence-electron chi connectivity index (χ3n) is 6.63. The number of carbonyl (C=O) groups is 1. The summed E-state index contributed by atoms with van der Waals surface area (Å²) >= 11 is 1.64. The number of anilines is 1. The fourth-order valence-electron chi connectivity index (χ4n) is 4.38. The molecule has 0 atom stereocenters. The highest BCUT2D eigenvalue weighted by Gasteiger charge is 2.14. The van der Waals surface area contributed by atoms with Gasteiger partial charge < -0.3 is 14.7 Å². The van der Waals surface area contributed by atoms with E-state index in [-0.39, 0.29) is 12.8 Å². The number of rotatable bonds is 13. The van der Waals surface area contributed by atoms with Crippen LogP contribution in [-0.2, 0) is 30.8 Å². The van der Waals surface area contributed by atoms with Crippen LogP contribution in [0.25, 0.3) is 11.3 Å². The van der Waals surface area contributed by atoms with E-state index in [9.17, 15) is 9.18 Å². The highest BCUT2D eigenvalue weighted by atomic mass is 32.1. The molecule has 6 nitrogen and oxygen atoms in total. The van der Waals surface area contributed by atoms with Crippen molar-refractivity contribution >= 4 is 22.4 Å². The molecule has 0 saturated carbocycles. The minimum Gasteiger partial charge on any atom is -0.489 e. The molecular weight excluding hydrogens is 537 g/mol. The molecule has 3 aromatic carbocycles. The summed E-state index contributed by atoms with van der Waals surface area (Å²) in [7, 11) is 0. The van der Waals surface area contributed by atoms with E-state index in [1.54, 1.807) is 23.5 Å². The molecule has 41 heavy (non-hydrogen) atoms. The zero-order valence-electron chi connectivity index (χ0n) is 22.4. The van der Waals surface area contributed by atoms with Gasteiger partial charge in [0.05, 0.1) is 5.69 Å². The van der Waals surface area contributed by atoms with E-state index in [1.165, 1.54) is 6.07 Å². The van der Waals surface area contributed by atoms with Crippen LogP contribution in [0.4, 0.5) is 9.52 Å². The van der Waals surface area contributed by atoms with Crippen LogP contribution in [0.5, 0.6) is 5.75 Å². The van der Waals surface area contributed by atoms with Crippen LogP contribution >= 0.6 is 11.3 Å². The van der Waals surface area contributed by atoms with Gasteiger partial charge in [-0.1, -0.05) is 66.7 Å². The Kier molecular flexibility index (Phi) is 9.34. The Labute approximate surface area is 242 Å². The third kappa shape index (κ3) is 7.99. The van der Waals surface area contributed by atoms with E-state index in [1.807, 2.05) is 54.7 Å². The molecule has 5 rings (SSSR count). The predicted octanol–water partition coefficient (Wildman–Crippen LogP) is 7.19. The van der Waals surface area contributed by atoms with Crippen molar-refractivity contribution < 1.29 is 19.0 Å². The predicted molar refractivity (Wildman–Crippen MR) is 160 cm³/mol. The van der Waals surface area contributed by atoms with Gasteiger partial charge in [0.25, 0.3) is 0 Å². The average molecular weight is 568 g/mol. The second kappa shape index (κ2) is 13.7. The Morgan fingerprint density at radius 3 is 2.44 bits per heavy atom. The molecule has 8 heteroatoms. The maximum atomic E-state index is 14.3. The number of thiazole rings is 1. The van der Waals surface area contributed by atoms with Crippen LogP contribution in [0.1, 0.15) is 28.8 Å². The number of aryl methyl sites for hydroxylation is 1. The Hall–Kier alpha value is -4.56. The number of hydrogen-bond acceptors (Lipinski definition) is 6. The van der Waals surface area contributed by atoms with Gasteiger partial charge in [0.1, 0.15) is 18.2 Å². The lowest BCUT2D eigenvalue weighted by molar-refractivity contribution is -0.136. The molecule has 0 aliphatic rings. The lowest BCUT2D eigenvalue weighted by atomic mass is 10.1. The van der Waals surface area contributed by atoms with E-state index in [4.69, 9.17) is 14.8 Å². The van der Waals surface area contributed by atoms with E-state index in [0.29, 0.717) is 24.5 Å². The van der Waals surface area contributed by atoms with Crippen LogP contribution in [0.2, 0.25) is 0 Å². The maximum Gasteiger partial charge on any atom is 0.303 e. The van der Waals surface area contributed by atoms with Crippen molar-refractivity contribution in [2.24, 2.45) is 0 Å². The van der Waals surface area contributed by atoms with E-state index >= 15 is 0 Å². The normalized spacial score (nSPS) is 10.9. The SMILES string of the molecule is O=C(O)CCc1ccc(OCc2ccc(CN(CCc3ccccn3)c3nc(-c4ccccc4)cs3)cc2)cc1F. The second-order valence-electron chi connectivity index (χ2n) is 9.63. The first-order valence-electron chi connectivity index (χ1n) is 13.4. The molecule has 0 radical (unpaired) electrons. The summed E-state index contributed by atoms with van der Waals surface area (Å²) in [4.78, 5) is 22.5. The van der Waals surface area contributed by atoms with Crippen LogP contribution in [0.3, 0.4) is 0 Å². The first kappa shape index (κ1) is 28.0. The summed E-state index contributed by atoms with van der Waals surface area (Å²) in [6, 6.07) is 28.9. The molecule has 5 aromatic rings. The van der Waals surface area contributed by atoms with Crippen LogP contribution in [0.15, 0.2) is 103 Å². The average Bonchev–Trinajstić information content (AvgIpc) is 3.50. The first-order chi connectivity index (χ1) is 20.0. The van der Waals surface area contributed by atoms with Crippen molar-refractivity contribution in [3.05, 3.63) is 131 Å². The molecule has 2 aromatic heterocycles. The van der Waals surface area contributed by atoms with Gasteiger partial charge in [-0.15, -0.1) is 11.3 Å². The molecule has 208 valence electrons. The van der Waals surface area contributed by atoms with Crippen molar-refractivity contribution in [2.75, 3.05) is 11.4 Å². The summed E-state index contributed by atoms with van der Waals surface area (Å²) in [5.41, 5.74) is 5.57. The molecule has 2 heterocycles. The Morgan fingerprint density at radius 1 is 0.927 bits per heavy atom. The molecule has 0 fully saturated rings. The molecule has 0 unspecified atom stereocenters. The minimum absolute atomic E-state index is 0.110. The number of aliphatic carboxylic acids is 1. The highest BCUT2D eigenvalue weighted by Crippen LogP contribution is 2.29. The van der Waals surface area contributed by atoms with Gasteiger partial charge >= 0.3 is 5.97 Å². The first-order valence-corrected chi connectivity index (χ1v) is 14.3. The molecular formula is C33H30FN3O3S. The smallest absolute Gasteiger partial charge is 0.303 e. The fourth-order valence-corrected chi connectivity index (χ4v) is 5.24. The zero-order chi connectivity index (χ0) is 28.4. The van der Waals surface area contributed by atoms with E-state index < -0.39 is 11.8 Å². The number of halogens is 1. The van der Waals surface area contributed by atoms with E-state index in [0.717, 1.165) is 46.2 Å². The summed E-state index contributed by atoms with van der Waals surface area (Å²) in [6.07, 6.45) is 2.66. The number of ether oxygens (including phenoxy) is 1. The van der Waals surface area contributed by atoms with Gasteiger partial charge in [0.2, 0.25) is 0 Å². The second-order valence-corrected chi connectivity index (χ2v) is 10.5. The lowest BCUT2D eigenvalue weighted by Crippen LogP contribution is -2.25. The Balaban J connectivity index is 1.24. The number of benzene rings is 3. The largest absolute Gasteiger partial charge is 0.489 e. The van der Waals surface area contributed by atoms with Crippen molar-refractivity contribution in [1.29, 1.82) is 0 Å². The molecule has 0 aliphatic heterocycles. The van der Waals surface area contributed by atoms with Gasteiger partial charge in [-0.2, -0.15) is 0 Å². The number of aromatic nitrogens is 2. The van der Waals surface area contributed by atoms with E-state index in [2.05, 4.69) is 39.5 Å². The van der Waals surface area contributed by atoms with Gasteiger partial charge in [-0.3, -0.25) is 9.78 Å². The van der Waals surface area contributed by atoms with Gasteiger partial charge in [-0.25, -0.2) is 9.37 Å². The summed E-state index contributed by atoms with van der Waals surface area (Å²) in [6.45, 7) is 1.76. The van der Waals surface area contributed by atoms with Gasteiger partial charge in [0.15, 0.2) is 5.13 Å². The number of hydrogen-bond donors (Lipinski definition) is 1. The maximum absolute atomic E-state index is 14.3. The zero-order valence-corrected chi connectivity index (χ0v) is 23.3. The van der Waals surface area contributed by atoms with Crippen molar-refractivity contribution in [3.63, 3.8) is 0 Å². The fraction of sp³-hybridized carbons (Fsp3) is 0.182. The van der Waals surface area contributed by atoms with Crippen LogP contribution < -0.4 is 9.64 Å².